The van der Waals surface area contributed by atoms with Crippen molar-refractivity contribution >= 4 is 108 Å². The lowest BCUT2D eigenvalue weighted by atomic mass is 9.86. The van der Waals surface area contributed by atoms with Gasteiger partial charge in [-0.15, -0.1) is 22.7 Å². The Morgan fingerprint density at radius 3 is 1.83 bits per heavy atom. The van der Waals surface area contributed by atoms with Gasteiger partial charge in [0.1, 0.15) is 0 Å². The number of fused-ring (bicyclic) bond motifs is 12. The highest BCUT2D eigenvalue weighted by Gasteiger charge is 2.25. The Hall–Kier alpha value is -6.46. The van der Waals surface area contributed by atoms with Gasteiger partial charge in [0.15, 0.2) is 0 Å². The van der Waals surface area contributed by atoms with Gasteiger partial charge >= 0.3 is 0 Å². The molecule has 4 aromatic heterocycles. The number of benzene rings is 7. The first-order valence-corrected chi connectivity index (χ1v) is 22.0. The van der Waals surface area contributed by atoms with Crippen LogP contribution in [0.1, 0.15) is 34.8 Å². The monoisotopic (exact) mass is 776 g/mol. The van der Waals surface area contributed by atoms with Gasteiger partial charge in [-0.2, -0.15) is 0 Å². The number of aromatic nitrogens is 2. The van der Waals surface area contributed by atoms with Crippen LogP contribution in [-0.4, -0.2) is 9.13 Å². The Morgan fingerprint density at radius 2 is 1.10 bits per heavy atom. The smallest absolute Gasteiger partial charge is 0.0541 e. The number of thiophene rings is 2. The van der Waals surface area contributed by atoms with E-state index in [1.807, 2.05) is 22.7 Å². The van der Waals surface area contributed by atoms with Crippen LogP contribution < -0.4 is 0 Å². The summed E-state index contributed by atoms with van der Waals surface area (Å²) in [6.07, 6.45) is 15.0. The summed E-state index contributed by atoms with van der Waals surface area (Å²) >= 11 is 3.87. The minimum atomic E-state index is 0.284. The molecule has 0 amide bonds. The zero-order chi connectivity index (χ0) is 37.9. The molecule has 58 heavy (non-hydrogen) atoms. The van der Waals surface area contributed by atoms with Gasteiger partial charge in [-0.25, -0.2) is 0 Å². The van der Waals surface area contributed by atoms with Gasteiger partial charge in [-0.1, -0.05) is 103 Å². The minimum absolute atomic E-state index is 0.284. The molecule has 2 nitrogen and oxygen atoms in total. The zero-order valence-electron chi connectivity index (χ0n) is 31.7. The second-order valence-corrected chi connectivity index (χ2v) is 18.0. The fraction of sp³-hybridized carbons (Fsp3) is 0.0741. The van der Waals surface area contributed by atoms with E-state index in [4.69, 9.17) is 0 Å². The molecule has 0 aliphatic heterocycles. The van der Waals surface area contributed by atoms with Crippen molar-refractivity contribution in [1.29, 1.82) is 0 Å². The normalized spacial score (nSPS) is 15.5. The highest BCUT2D eigenvalue weighted by molar-refractivity contribution is 7.26. The van der Waals surface area contributed by atoms with Crippen LogP contribution in [0.5, 0.6) is 0 Å². The van der Waals surface area contributed by atoms with Crippen LogP contribution in [-0.2, 0) is 6.42 Å². The molecule has 0 spiro atoms. The first kappa shape index (κ1) is 32.6. The standard InChI is InChI=1S/C54H36N2S2/c1-2-12-36(13-3-1)55-47-18-8-4-14-38(47)43-28-33(22-25-49(43)55)34-23-26-50-44(29-34)39-15-5-9-19-48(39)56(50)37-31-42(54-46(32-37)41-17-7-11-21-52(41)58-54)35-24-27-53-45(30-35)40-16-6-10-20-51(40)57-53/h2,4-29,31-32,35H,1,3,30H2. The first-order chi connectivity index (χ1) is 28.7. The zero-order valence-corrected chi connectivity index (χ0v) is 33.3. The number of para-hydroxylation sites is 2. The molecular formula is C54H36N2S2. The van der Waals surface area contributed by atoms with Crippen LogP contribution in [0.25, 0.3) is 102 Å². The van der Waals surface area contributed by atoms with E-state index in [-0.39, 0.29) is 5.92 Å². The summed E-state index contributed by atoms with van der Waals surface area (Å²) in [4.78, 5) is 1.41. The van der Waals surface area contributed by atoms with Crippen molar-refractivity contribution in [2.75, 3.05) is 0 Å². The molecule has 0 radical (unpaired) electrons. The molecule has 0 N–H and O–H groups in total. The van der Waals surface area contributed by atoms with E-state index in [0.717, 1.165) is 19.3 Å². The van der Waals surface area contributed by atoms with E-state index in [2.05, 4.69) is 185 Å². The highest BCUT2D eigenvalue weighted by atomic mass is 32.1. The molecule has 0 saturated heterocycles. The second kappa shape index (κ2) is 12.5. The number of allylic oxidation sites excluding steroid dienone is 5. The van der Waals surface area contributed by atoms with Crippen molar-refractivity contribution < 1.29 is 0 Å². The van der Waals surface area contributed by atoms with Crippen molar-refractivity contribution in [3.05, 3.63) is 186 Å². The van der Waals surface area contributed by atoms with E-state index >= 15 is 0 Å². The van der Waals surface area contributed by atoms with Crippen molar-refractivity contribution in [3.63, 3.8) is 0 Å². The largest absolute Gasteiger partial charge is 0.310 e. The van der Waals surface area contributed by atoms with Crippen molar-refractivity contribution in [1.82, 2.24) is 9.13 Å². The Balaban J connectivity index is 0.996. The van der Waals surface area contributed by atoms with Gasteiger partial charge < -0.3 is 9.13 Å². The van der Waals surface area contributed by atoms with E-state index < -0.39 is 0 Å². The van der Waals surface area contributed by atoms with Crippen LogP contribution in [0.15, 0.2) is 170 Å². The Bertz CT molecular complexity index is 3610. The minimum Gasteiger partial charge on any atom is -0.310 e. The second-order valence-electron chi connectivity index (χ2n) is 15.9. The maximum atomic E-state index is 2.52. The van der Waals surface area contributed by atoms with E-state index in [1.54, 1.807) is 0 Å². The molecule has 0 fully saturated rings. The molecule has 0 bridgehead atoms. The average molecular weight is 777 g/mol. The molecule has 2 aliphatic rings. The summed E-state index contributed by atoms with van der Waals surface area (Å²) in [7, 11) is 0. The van der Waals surface area contributed by atoms with Crippen molar-refractivity contribution in [2.45, 2.75) is 25.2 Å². The van der Waals surface area contributed by atoms with E-state index in [1.165, 1.54) is 112 Å². The molecule has 11 aromatic rings. The van der Waals surface area contributed by atoms with Crippen molar-refractivity contribution in [2.24, 2.45) is 0 Å². The lowest BCUT2D eigenvalue weighted by Gasteiger charge is -2.20. The quantitative estimate of drug-likeness (QED) is 0.168. The summed E-state index contributed by atoms with van der Waals surface area (Å²) in [6, 6.07) is 54.8. The van der Waals surface area contributed by atoms with Crippen LogP contribution >= 0.6 is 22.7 Å². The fourth-order valence-corrected chi connectivity index (χ4v) is 12.4. The maximum absolute atomic E-state index is 2.52. The number of rotatable bonds is 4. The molecular weight excluding hydrogens is 741 g/mol. The van der Waals surface area contributed by atoms with E-state index in [0.29, 0.717) is 0 Å². The Labute approximate surface area is 343 Å². The predicted octanol–water partition coefficient (Wildman–Crippen LogP) is 15.7. The van der Waals surface area contributed by atoms with E-state index in [9.17, 15) is 0 Å². The third kappa shape index (κ3) is 4.76. The summed E-state index contributed by atoms with van der Waals surface area (Å²) in [6.45, 7) is 0. The van der Waals surface area contributed by atoms with Gasteiger partial charge in [0.05, 0.1) is 22.1 Å². The number of hydrogen-bond donors (Lipinski definition) is 0. The molecule has 4 heterocycles. The molecule has 4 heteroatoms. The molecule has 13 rings (SSSR count). The lowest BCUT2D eigenvalue weighted by molar-refractivity contribution is 0.844. The fourth-order valence-electron chi connectivity index (χ4n) is 10.0. The van der Waals surface area contributed by atoms with Crippen LogP contribution in [0.3, 0.4) is 0 Å². The predicted molar refractivity (Wildman–Crippen MR) is 252 cm³/mol. The van der Waals surface area contributed by atoms with Gasteiger partial charge in [-0.05, 0) is 120 Å². The molecule has 0 saturated carbocycles. The third-order valence-corrected chi connectivity index (χ3v) is 15.1. The number of nitrogens with zero attached hydrogens (tertiary/aromatic N) is 2. The molecule has 1 atom stereocenters. The topological polar surface area (TPSA) is 9.86 Å². The SMILES string of the molecule is C1=CC(n2c3ccccc3c3cc(-c4ccc5c(c4)c4ccccc4n5-c4cc(C5C=Cc6sc7ccccc7c6C5)c5sc6ccccc6c5c4)ccc32)=CCC1. The summed E-state index contributed by atoms with van der Waals surface area (Å²) < 4.78 is 9.08. The average Bonchev–Trinajstić information content (AvgIpc) is 4.03. The molecule has 1 unspecified atom stereocenters. The summed E-state index contributed by atoms with van der Waals surface area (Å²) in [5.74, 6) is 0.284. The Morgan fingerprint density at radius 1 is 0.483 bits per heavy atom. The summed E-state index contributed by atoms with van der Waals surface area (Å²) in [5, 5.41) is 9.22. The van der Waals surface area contributed by atoms with Crippen LogP contribution in [0, 0.1) is 0 Å². The highest BCUT2D eigenvalue weighted by Crippen LogP contribution is 2.46. The third-order valence-electron chi connectivity index (χ3n) is 12.7. The molecule has 2 aliphatic carbocycles. The van der Waals surface area contributed by atoms with Crippen LogP contribution in [0.4, 0.5) is 0 Å². The molecule has 274 valence electrons. The lowest BCUT2D eigenvalue weighted by Crippen LogP contribution is -2.06. The maximum Gasteiger partial charge on any atom is 0.0541 e. The van der Waals surface area contributed by atoms with Gasteiger partial charge in [-0.3, -0.25) is 0 Å². The first-order valence-electron chi connectivity index (χ1n) is 20.3. The summed E-state index contributed by atoms with van der Waals surface area (Å²) in [5.41, 5.74) is 12.8. The van der Waals surface area contributed by atoms with Gasteiger partial charge in [0.25, 0.3) is 0 Å². The van der Waals surface area contributed by atoms with Crippen LogP contribution in [0.2, 0.25) is 0 Å². The van der Waals surface area contributed by atoms with Gasteiger partial charge in [0, 0.05) is 68.6 Å². The number of hydrogen-bond acceptors (Lipinski definition) is 2. The van der Waals surface area contributed by atoms with Gasteiger partial charge in [0.2, 0.25) is 0 Å². The molecule has 7 aromatic carbocycles. The van der Waals surface area contributed by atoms with Crippen molar-refractivity contribution in [3.8, 4) is 16.8 Å². The Kier molecular flexibility index (Phi) is 7.04.